The van der Waals surface area contributed by atoms with Crippen LogP contribution in [0.3, 0.4) is 0 Å². The Bertz CT molecular complexity index is 504. The summed E-state index contributed by atoms with van der Waals surface area (Å²) in [5, 5.41) is 2.66. The van der Waals surface area contributed by atoms with E-state index >= 15 is 0 Å². The molecule has 0 radical (unpaired) electrons. The molecule has 106 valence electrons. The van der Waals surface area contributed by atoms with Gasteiger partial charge in [0, 0.05) is 30.5 Å². The molecule has 19 heavy (non-hydrogen) atoms. The molecule has 0 saturated heterocycles. The zero-order valence-corrected chi connectivity index (χ0v) is 12.9. The number of nitrogens with zero attached hydrogens (tertiary/aromatic N) is 1. The van der Waals surface area contributed by atoms with Crippen LogP contribution in [0.25, 0.3) is 0 Å². The molecule has 0 bridgehead atoms. The number of halogens is 1. The van der Waals surface area contributed by atoms with Gasteiger partial charge in [-0.15, -0.1) is 11.6 Å². The number of nitrogens with one attached hydrogen (secondary N) is 1. The maximum atomic E-state index is 11.8. The fraction of sp³-hybridized carbons (Fsp3) is 0.571. The molecule has 0 aliphatic heterocycles. The minimum absolute atomic E-state index is 0.0229. The molecule has 1 heterocycles. The largest absolute Gasteiger partial charge is 0.359 e. The first-order valence-corrected chi connectivity index (χ1v) is 6.76. The molecule has 0 aromatic carbocycles. The van der Waals surface area contributed by atoms with Crippen molar-refractivity contribution in [2.75, 3.05) is 12.9 Å². The molecule has 1 aromatic rings. The Morgan fingerprint density at radius 1 is 1.37 bits per heavy atom. The van der Waals surface area contributed by atoms with Crippen molar-refractivity contribution in [2.45, 2.75) is 34.2 Å². The van der Waals surface area contributed by atoms with Gasteiger partial charge in [0.15, 0.2) is 5.78 Å². The number of aryl methyl sites for hydroxylation is 1. The minimum atomic E-state index is -0.537. The van der Waals surface area contributed by atoms with Gasteiger partial charge < -0.3 is 9.88 Å². The van der Waals surface area contributed by atoms with E-state index in [9.17, 15) is 9.59 Å². The first kappa shape index (κ1) is 15.8. The van der Waals surface area contributed by atoms with Crippen LogP contribution in [0.2, 0.25) is 0 Å². The third kappa shape index (κ3) is 3.18. The SMILES string of the molecule is CNC(=O)C(C)(C)Cn1c(C)cc(C(=O)CCl)c1C. The molecule has 4 nitrogen and oxygen atoms in total. The number of hydrogen-bond acceptors (Lipinski definition) is 2. The lowest BCUT2D eigenvalue weighted by Gasteiger charge is -2.25. The van der Waals surface area contributed by atoms with Crippen molar-refractivity contribution < 1.29 is 9.59 Å². The molecular formula is C14H21ClN2O2. The van der Waals surface area contributed by atoms with E-state index < -0.39 is 5.41 Å². The van der Waals surface area contributed by atoms with E-state index in [0.717, 1.165) is 11.4 Å². The van der Waals surface area contributed by atoms with Gasteiger partial charge in [-0.25, -0.2) is 0 Å². The van der Waals surface area contributed by atoms with Crippen LogP contribution in [-0.2, 0) is 11.3 Å². The van der Waals surface area contributed by atoms with Crippen LogP contribution in [0, 0.1) is 19.3 Å². The number of alkyl halides is 1. The molecule has 1 aromatic heterocycles. The average molecular weight is 285 g/mol. The topological polar surface area (TPSA) is 51.1 Å². The van der Waals surface area contributed by atoms with E-state index in [4.69, 9.17) is 11.6 Å². The van der Waals surface area contributed by atoms with Crippen LogP contribution in [0.1, 0.15) is 35.6 Å². The van der Waals surface area contributed by atoms with Gasteiger partial charge in [-0.1, -0.05) is 0 Å². The Balaban J connectivity index is 3.13. The molecule has 0 atom stereocenters. The van der Waals surface area contributed by atoms with Gasteiger partial charge in [0.05, 0.1) is 11.3 Å². The number of carbonyl (C=O) groups is 2. The molecule has 1 rings (SSSR count). The fourth-order valence-corrected chi connectivity index (χ4v) is 2.35. The first-order valence-electron chi connectivity index (χ1n) is 6.22. The van der Waals surface area contributed by atoms with Crippen molar-refractivity contribution in [1.82, 2.24) is 9.88 Å². The summed E-state index contributed by atoms with van der Waals surface area (Å²) in [6.45, 7) is 8.10. The Morgan fingerprint density at radius 2 is 1.95 bits per heavy atom. The zero-order valence-electron chi connectivity index (χ0n) is 12.1. The Labute approximate surface area is 119 Å². The van der Waals surface area contributed by atoms with Crippen molar-refractivity contribution in [2.24, 2.45) is 5.41 Å². The standard InChI is InChI=1S/C14H21ClN2O2/c1-9-6-11(12(18)7-15)10(2)17(9)8-14(3,4)13(19)16-5/h6H,7-8H2,1-5H3,(H,16,19). The number of Topliss-reactive ketones (excluding diaryl/α,β-unsaturated/α-hetero) is 1. The second kappa shape index (κ2) is 5.78. The summed E-state index contributed by atoms with van der Waals surface area (Å²) in [5.74, 6) is -0.132. The second-order valence-electron chi connectivity index (χ2n) is 5.39. The lowest BCUT2D eigenvalue weighted by Crippen LogP contribution is -2.38. The molecule has 0 aliphatic rings. The van der Waals surface area contributed by atoms with E-state index in [1.807, 2.05) is 38.3 Å². The Morgan fingerprint density at radius 3 is 2.42 bits per heavy atom. The Hall–Kier alpha value is -1.29. The molecule has 0 fully saturated rings. The normalized spacial score (nSPS) is 11.5. The molecule has 0 spiro atoms. The van der Waals surface area contributed by atoms with Gasteiger partial charge in [-0.2, -0.15) is 0 Å². The smallest absolute Gasteiger partial charge is 0.227 e. The van der Waals surface area contributed by atoms with Crippen molar-refractivity contribution in [3.05, 3.63) is 23.0 Å². The van der Waals surface area contributed by atoms with Gasteiger partial charge in [-0.3, -0.25) is 9.59 Å². The van der Waals surface area contributed by atoms with Crippen molar-refractivity contribution >= 4 is 23.3 Å². The lowest BCUT2D eigenvalue weighted by molar-refractivity contribution is -0.129. The van der Waals surface area contributed by atoms with Gasteiger partial charge in [-0.05, 0) is 33.8 Å². The van der Waals surface area contributed by atoms with Crippen LogP contribution in [-0.4, -0.2) is 29.2 Å². The van der Waals surface area contributed by atoms with Gasteiger partial charge in [0.1, 0.15) is 0 Å². The fourth-order valence-electron chi connectivity index (χ4n) is 2.20. The molecule has 0 unspecified atom stereocenters. The number of hydrogen-bond donors (Lipinski definition) is 1. The summed E-state index contributed by atoms with van der Waals surface area (Å²) in [4.78, 5) is 23.6. The number of amides is 1. The summed E-state index contributed by atoms with van der Waals surface area (Å²) >= 11 is 5.60. The summed E-state index contributed by atoms with van der Waals surface area (Å²) in [7, 11) is 1.63. The maximum Gasteiger partial charge on any atom is 0.227 e. The summed E-state index contributed by atoms with van der Waals surface area (Å²) in [5.41, 5.74) is 1.92. The minimum Gasteiger partial charge on any atom is -0.359 e. The third-order valence-electron chi connectivity index (χ3n) is 3.39. The third-order valence-corrected chi connectivity index (χ3v) is 3.63. The van der Waals surface area contributed by atoms with E-state index in [0.29, 0.717) is 12.1 Å². The highest BCUT2D eigenvalue weighted by Gasteiger charge is 2.29. The number of rotatable bonds is 5. The number of carbonyl (C=O) groups excluding carboxylic acids is 2. The molecule has 0 aliphatic carbocycles. The van der Waals surface area contributed by atoms with Gasteiger partial charge in [0.25, 0.3) is 0 Å². The predicted molar refractivity (Wildman–Crippen MR) is 76.8 cm³/mol. The number of ketones is 1. The number of aromatic nitrogens is 1. The molecule has 1 amide bonds. The van der Waals surface area contributed by atoms with Gasteiger partial charge in [0.2, 0.25) is 5.91 Å². The van der Waals surface area contributed by atoms with E-state index in [-0.39, 0.29) is 17.6 Å². The van der Waals surface area contributed by atoms with Crippen LogP contribution >= 0.6 is 11.6 Å². The van der Waals surface area contributed by atoms with Crippen LogP contribution in [0.4, 0.5) is 0 Å². The predicted octanol–water partition coefficient (Wildman–Crippen LogP) is 2.30. The van der Waals surface area contributed by atoms with Crippen molar-refractivity contribution in [3.8, 4) is 0 Å². The molecule has 5 heteroatoms. The Kier molecular flexibility index (Phi) is 4.80. The lowest BCUT2D eigenvalue weighted by atomic mass is 9.92. The first-order chi connectivity index (χ1) is 8.74. The van der Waals surface area contributed by atoms with Gasteiger partial charge >= 0.3 is 0 Å². The van der Waals surface area contributed by atoms with Crippen LogP contribution in [0.5, 0.6) is 0 Å². The van der Waals surface area contributed by atoms with Crippen molar-refractivity contribution in [3.63, 3.8) is 0 Å². The van der Waals surface area contributed by atoms with E-state index in [1.54, 1.807) is 7.05 Å². The molecule has 1 N–H and O–H groups in total. The monoisotopic (exact) mass is 284 g/mol. The average Bonchev–Trinajstić information content (AvgIpc) is 2.64. The quantitative estimate of drug-likeness (QED) is 0.666. The second-order valence-corrected chi connectivity index (χ2v) is 5.66. The van der Waals surface area contributed by atoms with E-state index in [2.05, 4.69) is 5.32 Å². The van der Waals surface area contributed by atoms with Crippen LogP contribution in [0.15, 0.2) is 6.07 Å². The summed E-state index contributed by atoms with van der Waals surface area (Å²) < 4.78 is 2.00. The van der Waals surface area contributed by atoms with Crippen molar-refractivity contribution in [1.29, 1.82) is 0 Å². The summed E-state index contributed by atoms with van der Waals surface area (Å²) in [6, 6.07) is 1.83. The highest BCUT2D eigenvalue weighted by Crippen LogP contribution is 2.24. The maximum absolute atomic E-state index is 11.8. The van der Waals surface area contributed by atoms with E-state index in [1.165, 1.54) is 0 Å². The molecule has 0 saturated carbocycles. The summed E-state index contributed by atoms with van der Waals surface area (Å²) in [6.07, 6.45) is 0. The highest BCUT2D eigenvalue weighted by atomic mass is 35.5. The zero-order chi connectivity index (χ0) is 14.8. The molecular weight excluding hydrogens is 264 g/mol. The van der Waals surface area contributed by atoms with Crippen LogP contribution < -0.4 is 5.32 Å². The highest BCUT2D eigenvalue weighted by molar-refractivity contribution is 6.30.